The number of halogens is 2. The molecular formula is C17H34Cl2NTi. The largest absolute Gasteiger partial charge is 3.00 e. The van der Waals surface area contributed by atoms with Crippen LogP contribution in [0.4, 0.5) is 0 Å². The van der Waals surface area contributed by atoms with E-state index in [-0.39, 0.29) is 46.5 Å². The van der Waals surface area contributed by atoms with Crippen molar-refractivity contribution < 1.29 is 21.7 Å². The van der Waals surface area contributed by atoms with E-state index in [2.05, 4.69) is 83.8 Å². The van der Waals surface area contributed by atoms with Crippen molar-refractivity contribution in [3.8, 4) is 0 Å². The summed E-state index contributed by atoms with van der Waals surface area (Å²) in [6, 6.07) is 8.52. The quantitative estimate of drug-likeness (QED) is 0.482. The number of hydrogen-bond acceptors (Lipinski definition) is 1. The summed E-state index contributed by atoms with van der Waals surface area (Å²) < 4.78 is 0. The molecule has 4 heteroatoms. The van der Waals surface area contributed by atoms with Crippen LogP contribution in [-0.2, 0) is 28.1 Å². The summed E-state index contributed by atoms with van der Waals surface area (Å²) in [5.74, 6) is 0. The molecule has 0 heterocycles. The average Bonchev–Trinajstić information content (AvgIpc) is 2.90. The average molecular weight is 371 g/mol. The van der Waals surface area contributed by atoms with Crippen LogP contribution in [-0.4, -0.2) is 25.5 Å². The van der Waals surface area contributed by atoms with Crippen molar-refractivity contribution in [2.45, 2.75) is 47.0 Å². The van der Waals surface area contributed by atoms with Crippen LogP contribution in [0.25, 0.3) is 0 Å². The van der Waals surface area contributed by atoms with Gasteiger partial charge in [-0.25, -0.2) is 12.1 Å². The molecule has 1 nitrogen and oxygen atoms in total. The second-order valence-corrected chi connectivity index (χ2v) is 4.48. The summed E-state index contributed by atoms with van der Waals surface area (Å²) in [7, 11) is 4.20. The van der Waals surface area contributed by atoms with Gasteiger partial charge >= 0.3 is 21.7 Å². The molecule has 0 fully saturated rings. The first-order chi connectivity index (χ1) is 8.62. The molecule has 0 saturated carbocycles. The Bertz CT molecular complexity index is 219. The van der Waals surface area contributed by atoms with E-state index < -0.39 is 0 Å². The summed E-state index contributed by atoms with van der Waals surface area (Å²) in [6.07, 6.45) is 7.81. The van der Waals surface area contributed by atoms with Gasteiger partial charge in [0.25, 0.3) is 0 Å². The molecule has 0 saturated heterocycles. The molecular weight excluding hydrogens is 337 g/mol. The monoisotopic (exact) mass is 370 g/mol. The summed E-state index contributed by atoms with van der Waals surface area (Å²) in [5.41, 5.74) is 1.44. The van der Waals surface area contributed by atoms with Crippen molar-refractivity contribution in [2.24, 2.45) is 0 Å². The third kappa shape index (κ3) is 33.4. The predicted molar refractivity (Wildman–Crippen MR) is 99.3 cm³/mol. The zero-order valence-corrected chi connectivity index (χ0v) is 17.8. The molecule has 0 aliphatic rings. The molecule has 21 heavy (non-hydrogen) atoms. The Morgan fingerprint density at radius 2 is 1.24 bits per heavy atom. The third-order valence-corrected chi connectivity index (χ3v) is 2.40. The van der Waals surface area contributed by atoms with Gasteiger partial charge in [0, 0.05) is 0 Å². The number of unbranched alkanes of at least 4 members (excludes halogenated alkanes) is 2. The van der Waals surface area contributed by atoms with Crippen molar-refractivity contribution in [2.75, 3.05) is 20.6 Å². The molecule has 0 aliphatic heterocycles. The maximum Gasteiger partial charge on any atom is 3.00 e. The minimum atomic E-state index is 0. The molecule has 0 aromatic heterocycles. The summed E-state index contributed by atoms with van der Waals surface area (Å²) in [6.45, 7) is 9.50. The van der Waals surface area contributed by atoms with Gasteiger partial charge in [0.2, 0.25) is 0 Å². The Morgan fingerprint density at radius 3 is 1.48 bits per heavy atom. The second-order valence-electron chi connectivity index (χ2n) is 4.48. The van der Waals surface area contributed by atoms with Crippen molar-refractivity contribution in [3.05, 3.63) is 42.7 Å². The summed E-state index contributed by atoms with van der Waals surface area (Å²) in [4.78, 5) is 2.20. The fraction of sp³-hybridized carbons (Fsp3) is 0.588. The van der Waals surface area contributed by atoms with E-state index in [4.69, 9.17) is 0 Å². The van der Waals surface area contributed by atoms with Crippen LogP contribution >= 0.6 is 24.8 Å². The van der Waals surface area contributed by atoms with Gasteiger partial charge in [-0.3, -0.25) is 0 Å². The number of rotatable bonds is 5. The van der Waals surface area contributed by atoms with Gasteiger partial charge in [0.1, 0.15) is 0 Å². The fourth-order valence-corrected chi connectivity index (χ4v) is 0.933. The van der Waals surface area contributed by atoms with Crippen LogP contribution in [0.3, 0.4) is 0 Å². The molecule has 0 amide bonds. The molecule has 1 rings (SSSR count). The predicted octanol–water partition coefficient (Wildman–Crippen LogP) is 5.59. The SMILES string of the molecule is CN(C)CC[c-]1cccc1.C[CH-]CC.C[CH-]CC.Cl.Cl.[Ti+3]. The Hall–Kier alpha value is 0.604. The van der Waals surface area contributed by atoms with Crippen molar-refractivity contribution in [3.63, 3.8) is 0 Å². The Kier molecular flexibility index (Phi) is 45.5. The maximum atomic E-state index is 2.20. The van der Waals surface area contributed by atoms with E-state index in [0.717, 1.165) is 6.54 Å². The minimum Gasteiger partial charge on any atom is -0.332 e. The maximum absolute atomic E-state index is 2.20. The van der Waals surface area contributed by atoms with E-state index in [1.54, 1.807) is 0 Å². The minimum absolute atomic E-state index is 0. The molecule has 0 N–H and O–H groups in total. The third-order valence-electron chi connectivity index (χ3n) is 2.40. The first-order valence-electron chi connectivity index (χ1n) is 7.03. The van der Waals surface area contributed by atoms with Gasteiger partial charge in [0.15, 0.2) is 0 Å². The van der Waals surface area contributed by atoms with Gasteiger partial charge in [-0.15, -0.1) is 24.8 Å². The van der Waals surface area contributed by atoms with Crippen molar-refractivity contribution in [1.82, 2.24) is 4.90 Å². The number of hydrogen-bond donors (Lipinski definition) is 0. The smallest absolute Gasteiger partial charge is 0.332 e. The first-order valence-corrected chi connectivity index (χ1v) is 7.03. The van der Waals surface area contributed by atoms with E-state index in [0.29, 0.717) is 0 Å². The van der Waals surface area contributed by atoms with Crippen molar-refractivity contribution in [1.29, 1.82) is 0 Å². The van der Waals surface area contributed by atoms with Crippen molar-refractivity contribution >= 4 is 24.8 Å². The van der Waals surface area contributed by atoms with E-state index in [9.17, 15) is 0 Å². The zero-order chi connectivity index (χ0) is 14.2. The van der Waals surface area contributed by atoms with E-state index >= 15 is 0 Å². The van der Waals surface area contributed by atoms with Gasteiger partial charge in [-0.1, -0.05) is 20.3 Å². The molecule has 1 aromatic carbocycles. The van der Waals surface area contributed by atoms with Crippen LogP contribution in [0.1, 0.15) is 46.1 Å². The Morgan fingerprint density at radius 1 is 0.905 bits per heavy atom. The van der Waals surface area contributed by atoms with Gasteiger partial charge in [-0.05, 0) is 20.6 Å². The molecule has 1 radical (unpaired) electrons. The normalized spacial score (nSPS) is 7.95. The molecule has 0 bridgehead atoms. The van der Waals surface area contributed by atoms with Gasteiger partial charge in [0.05, 0.1) is 0 Å². The molecule has 0 unspecified atom stereocenters. The van der Waals surface area contributed by atoms with E-state index in [1.165, 1.54) is 24.8 Å². The van der Waals surface area contributed by atoms with Crippen LogP contribution in [0.2, 0.25) is 0 Å². The zero-order valence-electron chi connectivity index (χ0n) is 14.6. The van der Waals surface area contributed by atoms with Crippen LogP contribution in [0.5, 0.6) is 0 Å². The van der Waals surface area contributed by atoms with Crippen LogP contribution in [0, 0.1) is 12.8 Å². The number of nitrogens with zero attached hydrogens (tertiary/aromatic N) is 1. The van der Waals surface area contributed by atoms with E-state index in [1.807, 2.05) is 0 Å². The summed E-state index contributed by atoms with van der Waals surface area (Å²) >= 11 is 0. The van der Waals surface area contributed by atoms with Gasteiger partial charge in [-0.2, -0.15) is 44.4 Å². The Labute approximate surface area is 161 Å². The second kappa shape index (κ2) is 28.7. The fourth-order valence-electron chi connectivity index (χ4n) is 0.933. The van der Waals surface area contributed by atoms with Crippen LogP contribution in [0.15, 0.2) is 24.3 Å². The molecule has 1 aromatic rings. The molecule has 125 valence electrons. The summed E-state index contributed by atoms with van der Waals surface area (Å²) in [5, 5.41) is 0. The molecule has 0 spiro atoms. The topological polar surface area (TPSA) is 3.24 Å². The molecule has 0 atom stereocenters. The Balaban J connectivity index is -0.0000000673. The number of likely N-dealkylation sites (N-methyl/N-ethyl adjacent to an activating group) is 1. The molecule has 0 aliphatic carbocycles. The standard InChI is InChI=1S/C9H14N.2C4H9.2ClH.Ti/c1-10(2)8-7-9-5-3-4-6-9;2*1-3-4-2;;;/h3-6H,7-8H2,1-2H3;2*3H,4H2,1-2H3;2*1H;/q3*-1;;;+3. The first kappa shape index (κ1) is 33.3. The van der Waals surface area contributed by atoms with Crippen LogP contribution < -0.4 is 0 Å². The van der Waals surface area contributed by atoms with Gasteiger partial charge < -0.3 is 17.7 Å².